The second-order valence-electron chi connectivity index (χ2n) is 6.45. The van der Waals surface area contributed by atoms with Crippen molar-refractivity contribution in [1.82, 2.24) is 0 Å². The fraction of sp³-hybridized carbons (Fsp3) is 1.00. The Balaban J connectivity index is 0. The number of alkyl halides is 3. The first kappa shape index (κ1) is 35.1. The highest BCUT2D eigenvalue weighted by Gasteiger charge is 2.41. The van der Waals surface area contributed by atoms with Crippen LogP contribution in [0.2, 0.25) is 0 Å². The first-order valence-electron chi connectivity index (χ1n) is 9.98. The van der Waals surface area contributed by atoms with Gasteiger partial charge in [-0.2, -0.15) is 0 Å². The lowest BCUT2D eigenvalue weighted by Gasteiger charge is -2.32. The molecule has 0 atom stereocenters. The average molecular weight is 572 g/mol. The Morgan fingerprint density at radius 1 is 0.719 bits per heavy atom. The third kappa shape index (κ3) is 25.6. The van der Waals surface area contributed by atoms with E-state index in [1.807, 2.05) is 20.8 Å². The Labute approximate surface area is 204 Å². The summed E-state index contributed by atoms with van der Waals surface area (Å²) in [6, 6.07) is 0. The van der Waals surface area contributed by atoms with E-state index >= 15 is 0 Å². The molecule has 0 fully saturated rings. The average Bonchev–Trinajstić information content (AvgIpc) is 2.62. The molecule has 32 heavy (non-hydrogen) atoms. The maximum absolute atomic E-state index is 11.3. The third-order valence-corrected chi connectivity index (χ3v) is 4.52. The van der Waals surface area contributed by atoms with E-state index in [-0.39, 0.29) is 19.8 Å². The zero-order valence-electron chi connectivity index (χ0n) is 18.5. The molecule has 0 aliphatic rings. The number of phosphoric acid groups is 2. The lowest BCUT2D eigenvalue weighted by Crippen LogP contribution is -2.44. The Morgan fingerprint density at radius 3 is 1.47 bits per heavy atom. The van der Waals surface area contributed by atoms with Crippen molar-refractivity contribution in [2.45, 2.75) is 69.1 Å². The summed E-state index contributed by atoms with van der Waals surface area (Å²) in [6.07, 6.45) is 5.04. The highest BCUT2D eigenvalue weighted by molar-refractivity contribution is 7.46. The molecule has 0 aliphatic carbocycles. The number of hydrogen-bond donors (Lipinski definition) is 4. The molecule has 0 unspecified atom stereocenters. The molecule has 0 rings (SSSR count). The van der Waals surface area contributed by atoms with Gasteiger partial charge in [0.15, 0.2) is 0 Å². The molecule has 0 aromatic rings. The number of halogens is 3. The lowest BCUT2D eigenvalue weighted by molar-refractivity contribution is -0.365. The van der Waals surface area contributed by atoms with Crippen LogP contribution in [-0.2, 0) is 32.4 Å². The number of phosphoric ester groups is 2. The maximum atomic E-state index is 11.3. The highest BCUT2D eigenvalue weighted by Crippen LogP contribution is 2.43. The van der Waals surface area contributed by atoms with Crippen molar-refractivity contribution in [2.24, 2.45) is 0 Å². The SMILES string of the molecule is CCCCOCC(OCCCC)(OCCCC)OP(=O)(O)O.O=P(O)(O)OCC(Cl)(Cl)Cl. The first-order valence-corrected chi connectivity index (χ1v) is 14.2. The van der Waals surface area contributed by atoms with Crippen LogP contribution in [0, 0.1) is 0 Å². The van der Waals surface area contributed by atoms with Crippen LogP contribution >= 0.6 is 50.4 Å². The largest absolute Gasteiger partial charge is 0.474 e. The van der Waals surface area contributed by atoms with E-state index in [0.717, 1.165) is 38.5 Å². The molecule has 4 N–H and O–H groups in total. The molecule has 0 aromatic carbocycles. The van der Waals surface area contributed by atoms with Crippen molar-refractivity contribution >= 4 is 50.4 Å². The monoisotopic (exact) mass is 570 g/mol. The van der Waals surface area contributed by atoms with Gasteiger partial charge in [-0.1, -0.05) is 74.8 Å². The van der Waals surface area contributed by atoms with Gasteiger partial charge < -0.3 is 33.8 Å². The molecule has 0 amide bonds. The summed E-state index contributed by atoms with van der Waals surface area (Å²) in [5, 5.41) is 0. The molecule has 0 heterocycles. The predicted molar refractivity (Wildman–Crippen MR) is 122 cm³/mol. The number of rotatable bonds is 17. The third-order valence-electron chi connectivity index (χ3n) is 3.22. The summed E-state index contributed by atoms with van der Waals surface area (Å²) in [4.78, 5) is 34.5. The van der Waals surface area contributed by atoms with E-state index in [1.54, 1.807) is 0 Å². The van der Waals surface area contributed by atoms with Gasteiger partial charge in [-0.3, -0.25) is 4.52 Å². The van der Waals surface area contributed by atoms with Gasteiger partial charge in [-0.05, 0) is 19.3 Å². The Bertz CT molecular complexity index is 542. The van der Waals surface area contributed by atoms with Crippen LogP contribution in [0.15, 0.2) is 0 Å². The van der Waals surface area contributed by atoms with Crippen molar-refractivity contribution in [3.63, 3.8) is 0 Å². The van der Waals surface area contributed by atoms with E-state index in [0.29, 0.717) is 6.61 Å². The lowest BCUT2D eigenvalue weighted by atomic mass is 10.3. The van der Waals surface area contributed by atoms with Gasteiger partial charge in [0.25, 0.3) is 0 Å². The predicted octanol–water partition coefficient (Wildman–Crippen LogP) is 4.67. The van der Waals surface area contributed by atoms with Crippen LogP contribution in [0.5, 0.6) is 0 Å². The van der Waals surface area contributed by atoms with Crippen molar-refractivity contribution in [3.8, 4) is 0 Å². The molecular formula is C16H35Cl3O11P2. The van der Waals surface area contributed by atoms with E-state index in [4.69, 9.17) is 73.1 Å². The fourth-order valence-electron chi connectivity index (χ4n) is 1.73. The van der Waals surface area contributed by atoms with Crippen LogP contribution in [0.25, 0.3) is 0 Å². The van der Waals surface area contributed by atoms with Crippen LogP contribution in [0.1, 0.15) is 59.3 Å². The second kappa shape index (κ2) is 18.3. The van der Waals surface area contributed by atoms with Crippen LogP contribution < -0.4 is 0 Å². The number of hydrogen-bond acceptors (Lipinski definition) is 7. The highest BCUT2D eigenvalue weighted by atomic mass is 35.6. The molecule has 0 bridgehead atoms. The Hall–Kier alpha value is 0.970. The molecule has 0 radical (unpaired) electrons. The molecule has 0 aliphatic heterocycles. The summed E-state index contributed by atoms with van der Waals surface area (Å²) in [5.74, 6) is -1.85. The van der Waals surface area contributed by atoms with Crippen molar-refractivity contribution < 1.29 is 52.0 Å². The molecule has 196 valence electrons. The molecule has 0 aromatic heterocycles. The smallest absolute Gasteiger partial charge is 0.373 e. The van der Waals surface area contributed by atoms with Gasteiger partial charge in [0.05, 0.1) is 13.2 Å². The van der Waals surface area contributed by atoms with Gasteiger partial charge in [0.2, 0.25) is 3.79 Å². The number of unbranched alkanes of at least 4 members (excludes halogenated alkanes) is 3. The minimum Gasteiger partial charge on any atom is -0.373 e. The van der Waals surface area contributed by atoms with Crippen LogP contribution in [-0.4, -0.2) is 62.4 Å². The van der Waals surface area contributed by atoms with E-state index in [2.05, 4.69) is 4.52 Å². The molecule has 16 heteroatoms. The maximum Gasteiger partial charge on any atom is 0.474 e. The van der Waals surface area contributed by atoms with E-state index in [1.165, 1.54) is 0 Å². The molecular weight excluding hydrogens is 536 g/mol. The molecule has 11 nitrogen and oxygen atoms in total. The second-order valence-corrected chi connectivity index (χ2v) is 11.4. The Morgan fingerprint density at radius 2 is 1.16 bits per heavy atom. The van der Waals surface area contributed by atoms with Gasteiger partial charge in [0.1, 0.15) is 13.2 Å². The first-order chi connectivity index (χ1) is 14.6. The van der Waals surface area contributed by atoms with Crippen LogP contribution in [0.3, 0.4) is 0 Å². The summed E-state index contributed by atoms with van der Waals surface area (Å²) in [5.41, 5.74) is 0. The van der Waals surface area contributed by atoms with Crippen molar-refractivity contribution in [3.05, 3.63) is 0 Å². The zero-order chi connectivity index (χ0) is 25.3. The Kier molecular flexibility index (Phi) is 20.1. The molecule has 0 saturated carbocycles. The quantitative estimate of drug-likeness (QED) is 0.0831. The van der Waals surface area contributed by atoms with Crippen LogP contribution in [0.4, 0.5) is 0 Å². The summed E-state index contributed by atoms with van der Waals surface area (Å²) in [7, 11) is -9.29. The minimum atomic E-state index is -4.77. The van der Waals surface area contributed by atoms with Gasteiger partial charge >= 0.3 is 21.6 Å². The van der Waals surface area contributed by atoms with Gasteiger partial charge in [-0.15, -0.1) is 0 Å². The molecule has 0 spiro atoms. The zero-order valence-corrected chi connectivity index (χ0v) is 22.5. The van der Waals surface area contributed by atoms with E-state index in [9.17, 15) is 9.13 Å². The summed E-state index contributed by atoms with van der Waals surface area (Å²) >= 11 is 15.3. The number of ether oxygens (including phenoxy) is 3. The van der Waals surface area contributed by atoms with Gasteiger partial charge in [0, 0.05) is 6.61 Å². The minimum absolute atomic E-state index is 0.175. The standard InChI is InChI=1S/C14H31O7P.C2H4Cl3O4P/c1-4-7-10-18-13-14(19-11-8-5-2,20-12-9-6-3)21-22(15,16)17;3-2(4,5)1-9-10(6,7)8/h4-13H2,1-3H3,(H2,15,16,17);1H2,(H2,6,7,8). The summed E-state index contributed by atoms with van der Waals surface area (Å²) < 4.78 is 44.6. The van der Waals surface area contributed by atoms with Gasteiger partial charge in [-0.25, -0.2) is 13.7 Å². The van der Waals surface area contributed by atoms with Crippen molar-refractivity contribution in [1.29, 1.82) is 0 Å². The normalized spacial score (nSPS) is 13.1. The van der Waals surface area contributed by atoms with Crippen molar-refractivity contribution in [2.75, 3.05) is 33.0 Å². The topological polar surface area (TPSA) is 161 Å². The fourth-order valence-corrected chi connectivity index (χ4v) is 3.00. The van der Waals surface area contributed by atoms with E-state index < -0.39 is 32.0 Å². The summed E-state index contributed by atoms with van der Waals surface area (Å²) in [6.45, 7) is 6.21. The molecule has 0 saturated heterocycles.